The largest absolute Gasteiger partial charge is 0.416 e. The van der Waals surface area contributed by atoms with E-state index in [4.69, 9.17) is 0 Å². The molecule has 0 spiro atoms. The summed E-state index contributed by atoms with van der Waals surface area (Å²) in [4.78, 5) is 11.5. The molecule has 20 heavy (non-hydrogen) atoms. The summed E-state index contributed by atoms with van der Waals surface area (Å²) in [6.45, 7) is -0.437. The Morgan fingerprint density at radius 1 is 1.30 bits per heavy atom. The van der Waals surface area contributed by atoms with E-state index in [2.05, 4.69) is 5.14 Å². The number of nitrogens with one attached hydrogen (secondary N) is 1. The van der Waals surface area contributed by atoms with E-state index in [0.29, 0.717) is 18.2 Å². The minimum Gasteiger partial charge on any atom is -0.351 e. The number of carbonyl (C=O) groups excluding carboxylic acids is 1. The van der Waals surface area contributed by atoms with Crippen molar-refractivity contribution < 1.29 is 30.8 Å². The van der Waals surface area contributed by atoms with Gasteiger partial charge in [-0.25, -0.2) is 17.9 Å². The zero-order valence-electron chi connectivity index (χ0n) is 9.87. The van der Waals surface area contributed by atoms with Crippen LogP contribution in [0, 0.1) is 5.82 Å². The van der Waals surface area contributed by atoms with Gasteiger partial charge in [-0.05, 0) is 18.2 Å². The number of hydrogen-bond donors (Lipinski definition) is 2. The third-order valence-corrected chi connectivity index (χ3v) is 2.98. The molecule has 0 radical (unpaired) electrons. The number of rotatable bonds is 4. The van der Waals surface area contributed by atoms with Gasteiger partial charge in [-0.15, -0.1) is 0 Å². The molecule has 0 saturated carbocycles. The van der Waals surface area contributed by atoms with Crippen LogP contribution in [0.3, 0.4) is 0 Å². The van der Waals surface area contributed by atoms with Crippen LogP contribution in [-0.4, -0.2) is 26.6 Å². The Kier molecular flexibility index (Phi) is 4.71. The van der Waals surface area contributed by atoms with E-state index in [1.54, 1.807) is 0 Å². The Labute approximate surface area is 111 Å². The molecule has 1 rings (SSSR count). The lowest BCUT2D eigenvalue weighted by Gasteiger charge is -2.10. The van der Waals surface area contributed by atoms with Crippen LogP contribution in [0.1, 0.15) is 15.9 Å². The molecular formula is C10H10F4N2O3S. The fraction of sp³-hybridized carbons (Fsp3) is 0.300. The van der Waals surface area contributed by atoms with Gasteiger partial charge in [0.2, 0.25) is 10.0 Å². The van der Waals surface area contributed by atoms with Crippen LogP contribution >= 0.6 is 0 Å². The number of primary sulfonamides is 1. The molecule has 1 aromatic rings. The second-order valence-corrected chi connectivity index (χ2v) is 5.55. The van der Waals surface area contributed by atoms with E-state index in [1.165, 1.54) is 0 Å². The molecule has 1 aromatic carbocycles. The summed E-state index contributed by atoms with van der Waals surface area (Å²) in [6.07, 6.45) is -4.72. The molecule has 0 aliphatic carbocycles. The fourth-order valence-corrected chi connectivity index (χ4v) is 1.66. The third kappa shape index (κ3) is 4.78. The van der Waals surface area contributed by atoms with Crippen molar-refractivity contribution in [1.29, 1.82) is 0 Å². The normalized spacial score (nSPS) is 12.2. The Hall–Kier alpha value is -1.68. The lowest BCUT2D eigenvalue weighted by Crippen LogP contribution is -2.32. The minimum absolute atomic E-state index is 0.349. The summed E-state index contributed by atoms with van der Waals surface area (Å²) in [5.74, 6) is -2.91. The van der Waals surface area contributed by atoms with Crippen molar-refractivity contribution in [3.8, 4) is 0 Å². The second kappa shape index (κ2) is 5.75. The maximum absolute atomic E-state index is 13.3. The molecule has 0 unspecified atom stereocenters. The average molecular weight is 314 g/mol. The first-order valence-corrected chi connectivity index (χ1v) is 6.87. The molecule has 5 nitrogen and oxygen atoms in total. The molecule has 112 valence electrons. The van der Waals surface area contributed by atoms with Crippen molar-refractivity contribution in [2.24, 2.45) is 5.14 Å². The van der Waals surface area contributed by atoms with Crippen LogP contribution in [-0.2, 0) is 16.2 Å². The standard InChI is InChI=1S/C10H10F4N2O3S/c11-8-2-1-6(10(12,13)14)5-7(8)9(17)16-3-4-20(15,18)19/h1-2,5H,3-4H2,(H,16,17)(H2,15,18,19). The minimum atomic E-state index is -4.72. The van der Waals surface area contributed by atoms with Crippen molar-refractivity contribution >= 4 is 15.9 Å². The van der Waals surface area contributed by atoms with Gasteiger partial charge in [0.15, 0.2) is 0 Å². The molecule has 0 aliphatic heterocycles. The van der Waals surface area contributed by atoms with Crippen LogP contribution in [0.5, 0.6) is 0 Å². The van der Waals surface area contributed by atoms with Gasteiger partial charge in [-0.3, -0.25) is 4.79 Å². The van der Waals surface area contributed by atoms with Crippen molar-refractivity contribution in [2.75, 3.05) is 12.3 Å². The summed E-state index contributed by atoms with van der Waals surface area (Å²) in [6, 6.07) is 1.36. The Balaban J connectivity index is 2.87. The molecule has 1 amide bonds. The van der Waals surface area contributed by atoms with Crippen LogP contribution in [0.2, 0.25) is 0 Å². The second-order valence-electron chi connectivity index (χ2n) is 3.82. The summed E-state index contributed by atoms with van der Waals surface area (Å²) in [5, 5.41) is 6.64. The molecule has 3 N–H and O–H groups in total. The first-order chi connectivity index (χ1) is 9.00. The summed E-state index contributed by atoms with van der Waals surface area (Å²) >= 11 is 0. The maximum Gasteiger partial charge on any atom is 0.416 e. The predicted molar refractivity (Wildman–Crippen MR) is 61.7 cm³/mol. The lowest BCUT2D eigenvalue weighted by molar-refractivity contribution is -0.137. The van der Waals surface area contributed by atoms with E-state index in [9.17, 15) is 30.8 Å². The van der Waals surface area contributed by atoms with Gasteiger partial charge in [0.1, 0.15) is 5.82 Å². The number of halogens is 4. The van der Waals surface area contributed by atoms with E-state index in [-0.39, 0.29) is 0 Å². The van der Waals surface area contributed by atoms with Crippen molar-refractivity contribution in [1.82, 2.24) is 5.32 Å². The van der Waals surface area contributed by atoms with Crippen LogP contribution in [0.4, 0.5) is 17.6 Å². The molecule has 0 fully saturated rings. The molecular weight excluding hydrogens is 304 g/mol. The monoisotopic (exact) mass is 314 g/mol. The fourth-order valence-electron chi connectivity index (χ4n) is 1.28. The van der Waals surface area contributed by atoms with Gasteiger partial charge in [-0.2, -0.15) is 13.2 Å². The number of carbonyl (C=O) groups is 1. The highest BCUT2D eigenvalue weighted by molar-refractivity contribution is 7.89. The van der Waals surface area contributed by atoms with Gasteiger partial charge < -0.3 is 5.32 Å². The zero-order valence-corrected chi connectivity index (χ0v) is 10.7. The summed E-state index contributed by atoms with van der Waals surface area (Å²) in [5.41, 5.74) is -2.01. The SMILES string of the molecule is NS(=O)(=O)CCNC(=O)c1cc(C(F)(F)F)ccc1F. The van der Waals surface area contributed by atoms with Crippen LogP contribution < -0.4 is 10.5 Å². The van der Waals surface area contributed by atoms with Gasteiger partial charge in [0.25, 0.3) is 5.91 Å². The predicted octanol–water partition coefficient (Wildman–Crippen LogP) is 0.863. The van der Waals surface area contributed by atoms with Crippen molar-refractivity contribution in [2.45, 2.75) is 6.18 Å². The Morgan fingerprint density at radius 3 is 2.40 bits per heavy atom. The molecule has 0 aromatic heterocycles. The van der Waals surface area contributed by atoms with Gasteiger partial charge in [-0.1, -0.05) is 0 Å². The topological polar surface area (TPSA) is 89.3 Å². The maximum atomic E-state index is 13.3. The van der Waals surface area contributed by atoms with Gasteiger partial charge in [0, 0.05) is 6.54 Å². The number of alkyl halides is 3. The quantitative estimate of drug-likeness (QED) is 0.808. The smallest absolute Gasteiger partial charge is 0.351 e. The third-order valence-electron chi connectivity index (χ3n) is 2.21. The highest BCUT2D eigenvalue weighted by atomic mass is 32.2. The summed E-state index contributed by atoms with van der Waals surface area (Å²) < 4.78 is 71.8. The number of benzene rings is 1. The Bertz CT molecular complexity index is 613. The van der Waals surface area contributed by atoms with Gasteiger partial charge in [0.05, 0.1) is 16.9 Å². The number of hydrogen-bond acceptors (Lipinski definition) is 3. The highest BCUT2D eigenvalue weighted by Gasteiger charge is 2.31. The molecule has 0 aliphatic rings. The highest BCUT2D eigenvalue weighted by Crippen LogP contribution is 2.30. The molecule has 0 saturated heterocycles. The van der Waals surface area contributed by atoms with E-state index >= 15 is 0 Å². The van der Waals surface area contributed by atoms with Gasteiger partial charge >= 0.3 is 6.18 Å². The molecule has 0 bridgehead atoms. The van der Waals surface area contributed by atoms with Crippen molar-refractivity contribution in [3.63, 3.8) is 0 Å². The molecule has 0 heterocycles. The first kappa shape index (κ1) is 16.4. The molecule has 10 heteroatoms. The van der Waals surface area contributed by atoms with Crippen LogP contribution in [0.15, 0.2) is 18.2 Å². The van der Waals surface area contributed by atoms with Crippen LogP contribution in [0.25, 0.3) is 0 Å². The average Bonchev–Trinajstić information content (AvgIpc) is 2.25. The number of nitrogens with two attached hydrogens (primary N) is 1. The number of sulfonamides is 1. The first-order valence-electron chi connectivity index (χ1n) is 5.16. The molecule has 0 atom stereocenters. The van der Waals surface area contributed by atoms with E-state index in [0.717, 1.165) is 0 Å². The van der Waals surface area contributed by atoms with E-state index < -0.39 is 51.3 Å². The lowest BCUT2D eigenvalue weighted by atomic mass is 10.1. The van der Waals surface area contributed by atoms with E-state index in [1.807, 2.05) is 5.32 Å². The zero-order chi connectivity index (χ0) is 15.6. The summed E-state index contributed by atoms with van der Waals surface area (Å²) in [7, 11) is -3.83. The Morgan fingerprint density at radius 2 is 1.90 bits per heavy atom. The van der Waals surface area contributed by atoms with Crippen molar-refractivity contribution in [3.05, 3.63) is 35.1 Å². The number of amides is 1.